The Hall–Kier alpha value is -3.26. The molecule has 35 heavy (non-hydrogen) atoms. The molecule has 0 spiro atoms. The van der Waals surface area contributed by atoms with Crippen molar-refractivity contribution in [3.63, 3.8) is 0 Å². The van der Waals surface area contributed by atoms with Crippen molar-refractivity contribution in [2.24, 2.45) is 17.6 Å². The Labute approximate surface area is 205 Å². The van der Waals surface area contributed by atoms with E-state index in [0.717, 1.165) is 79.1 Å². The van der Waals surface area contributed by atoms with Gasteiger partial charge in [0.25, 0.3) is 0 Å². The van der Waals surface area contributed by atoms with E-state index in [9.17, 15) is 4.79 Å². The van der Waals surface area contributed by atoms with Gasteiger partial charge in [0.15, 0.2) is 17.3 Å². The Morgan fingerprint density at radius 3 is 2.49 bits per heavy atom. The van der Waals surface area contributed by atoms with Crippen molar-refractivity contribution in [2.45, 2.75) is 38.6 Å². The largest absolute Gasteiger partial charge is 0.493 e. The molecule has 0 atom stereocenters. The van der Waals surface area contributed by atoms with Gasteiger partial charge in [0, 0.05) is 35.6 Å². The van der Waals surface area contributed by atoms with Gasteiger partial charge in [0.05, 0.1) is 19.7 Å². The fourth-order valence-corrected chi connectivity index (χ4v) is 5.29. The molecule has 1 aliphatic carbocycles. The summed E-state index contributed by atoms with van der Waals surface area (Å²) in [7, 11) is 3.28. The summed E-state index contributed by atoms with van der Waals surface area (Å²) in [5, 5.41) is 4.68. The summed E-state index contributed by atoms with van der Waals surface area (Å²) in [6.07, 6.45) is 4.10. The van der Waals surface area contributed by atoms with Crippen LogP contribution in [0.4, 0.5) is 5.69 Å². The van der Waals surface area contributed by atoms with Gasteiger partial charge < -0.3 is 29.8 Å². The number of ether oxygens (including phenoxy) is 2. The summed E-state index contributed by atoms with van der Waals surface area (Å²) in [5.74, 6) is 3.42. The maximum absolute atomic E-state index is 11.3. The van der Waals surface area contributed by atoms with Crippen molar-refractivity contribution in [3.05, 3.63) is 36.1 Å². The number of nitrogens with two attached hydrogens (primary N) is 1. The molecule has 3 N–H and O–H groups in total. The number of anilines is 1. The number of likely N-dealkylation sites (tertiary alicyclic amines) is 1. The standard InChI is InChI=1S/C27H34N4O4/c1-16-4-5-24(35-16)23-13-21(20-12-25(33-2)26(34-3)14-22(20)30-23)29-15-17-6-8-31(9-7-17)19-10-18(11-19)27(28)32/h4-5,12-14,17-19H,6-11,15H2,1-3H3,(H2,28,32)(H,29,30). The fourth-order valence-electron chi connectivity index (χ4n) is 5.29. The Kier molecular flexibility index (Phi) is 6.56. The van der Waals surface area contributed by atoms with Gasteiger partial charge in [-0.15, -0.1) is 0 Å². The van der Waals surface area contributed by atoms with Crippen molar-refractivity contribution < 1.29 is 18.7 Å². The summed E-state index contributed by atoms with van der Waals surface area (Å²) in [6, 6.07) is 10.4. The lowest BCUT2D eigenvalue weighted by atomic mass is 9.78. The number of furan rings is 1. The van der Waals surface area contributed by atoms with E-state index in [0.29, 0.717) is 23.5 Å². The van der Waals surface area contributed by atoms with Gasteiger partial charge in [0.2, 0.25) is 5.91 Å². The summed E-state index contributed by atoms with van der Waals surface area (Å²) < 4.78 is 16.9. The molecule has 2 aromatic heterocycles. The first kappa shape index (κ1) is 23.5. The molecular formula is C27H34N4O4. The van der Waals surface area contributed by atoms with E-state index in [1.807, 2.05) is 31.2 Å². The van der Waals surface area contributed by atoms with Crippen LogP contribution in [-0.2, 0) is 4.79 Å². The average Bonchev–Trinajstić information content (AvgIpc) is 3.27. The summed E-state index contributed by atoms with van der Waals surface area (Å²) in [4.78, 5) is 18.7. The van der Waals surface area contributed by atoms with Gasteiger partial charge >= 0.3 is 0 Å². The van der Waals surface area contributed by atoms with E-state index in [-0.39, 0.29) is 11.8 Å². The number of rotatable bonds is 8. The number of carbonyl (C=O) groups is 1. The van der Waals surface area contributed by atoms with E-state index in [1.165, 1.54) is 0 Å². The van der Waals surface area contributed by atoms with Gasteiger partial charge in [-0.3, -0.25) is 4.79 Å². The van der Waals surface area contributed by atoms with Crippen LogP contribution in [0, 0.1) is 18.8 Å². The number of amides is 1. The molecule has 186 valence electrons. The molecule has 8 nitrogen and oxygen atoms in total. The minimum absolute atomic E-state index is 0.0714. The zero-order valence-electron chi connectivity index (χ0n) is 20.7. The predicted molar refractivity (Wildman–Crippen MR) is 136 cm³/mol. The maximum Gasteiger partial charge on any atom is 0.220 e. The summed E-state index contributed by atoms with van der Waals surface area (Å²) in [6.45, 7) is 4.96. The number of nitrogens with one attached hydrogen (secondary N) is 1. The van der Waals surface area contributed by atoms with Crippen molar-refractivity contribution in [3.8, 4) is 23.0 Å². The number of benzene rings is 1. The zero-order chi connectivity index (χ0) is 24.5. The Bertz CT molecular complexity index is 1210. The Balaban J connectivity index is 1.32. The first-order valence-electron chi connectivity index (χ1n) is 12.4. The molecule has 2 aliphatic rings. The van der Waals surface area contributed by atoms with Crippen LogP contribution in [-0.4, -0.2) is 55.7 Å². The minimum Gasteiger partial charge on any atom is -0.493 e. The van der Waals surface area contributed by atoms with Crippen molar-refractivity contribution >= 4 is 22.5 Å². The third-order valence-corrected chi connectivity index (χ3v) is 7.57. The number of primary amides is 1. The van der Waals surface area contributed by atoms with Crippen LogP contribution in [0.2, 0.25) is 0 Å². The van der Waals surface area contributed by atoms with Gasteiger partial charge in [-0.05, 0) is 75.9 Å². The number of methoxy groups -OCH3 is 2. The lowest BCUT2D eigenvalue weighted by Gasteiger charge is -2.44. The smallest absolute Gasteiger partial charge is 0.220 e. The van der Waals surface area contributed by atoms with Gasteiger partial charge in [-0.1, -0.05) is 0 Å². The van der Waals surface area contributed by atoms with Gasteiger partial charge in [-0.2, -0.15) is 0 Å². The molecule has 5 rings (SSSR count). The molecule has 1 aromatic carbocycles. The highest BCUT2D eigenvalue weighted by Gasteiger charge is 2.37. The molecule has 0 bridgehead atoms. The second kappa shape index (κ2) is 9.77. The highest BCUT2D eigenvalue weighted by atomic mass is 16.5. The molecule has 3 heterocycles. The minimum atomic E-state index is -0.150. The lowest BCUT2D eigenvalue weighted by Crippen LogP contribution is -2.51. The molecule has 3 aromatic rings. The van der Waals surface area contributed by atoms with E-state index < -0.39 is 0 Å². The third kappa shape index (κ3) is 4.80. The molecule has 2 fully saturated rings. The normalized spacial score (nSPS) is 21.0. The van der Waals surface area contributed by atoms with Crippen molar-refractivity contribution in [2.75, 3.05) is 39.2 Å². The van der Waals surface area contributed by atoms with Crippen molar-refractivity contribution in [1.82, 2.24) is 9.88 Å². The number of carbonyl (C=O) groups excluding carboxylic acids is 1. The van der Waals surface area contributed by atoms with Crippen LogP contribution in [0.1, 0.15) is 31.4 Å². The van der Waals surface area contributed by atoms with Gasteiger partial charge in [0.1, 0.15) is 11.5 Å². The highest BCUT2D eigenvalue weighted by molar-refractivity contribution is 5.95. The number of fused-ring (bicyclic) bond motifs is 1. The first-order valence-corrected chi connectivity index (χ1v) is 12.4. The molecule has 0 radical (unpaired) electrons. The molecule has 1 saturated heterocycles. The monoisotopic (exact) mass is 478 g/mol. The highest BCUT2D eigenvalue weighted by Crippen LogP contribution is 2.38. The Morgan fingerprint density at radius 1 is 1.14 bits per heavy atom. The lowest BCUT2D eigenvalue weighted by molar-refractivity contribution is -0.126. The second-order valence-corrected chi connectivity index (χ2v) is 9.77. The topological polar surface area (TPSA) is 103 Å². The Morgan fingerprint density at radius 2 is 1.86 bits per heavy atom. The number of nitrogens with zero attached hydrogens (tertiary/aromatic N) is 2. The second-order valence-electron chi connectivity index (χ2n) is 9.77. The molecular weight excluding hydrogens is 444 g/mol. The first-order chi connectivity index (χ1) is 16.9. The number of aromatic nitrogens is 1. The van der Waals surface area contributed by atoms with Gasteiger partial charge in [-0.25, -0.2) is 4.98 Å². The molecule has 1 amide bonds. The summed E-state index contributed by atoms with van der Waals surface area (Å²) in [5.41, 5.74) is 8.05. The van der Waals surface area contributed by atoms with Crippen LogP contribution in [0.25, 0.3) is 22.4 Å². The van der Waals surface area contributed by atoms with Crippen LogP contribution < -0.4 is 20.5 Å². The number of hydrogen-bond donors (Lipinski definition) is 2. The quantitative estimate of drug-likeness (QED) is 0.500. The third-order valence-electron chi connectivity index (χ3n) is 7.57. The fraction of sp³-hybridized carbons (Fsp3) is 0.481. The number of hydrogen-bond acceptors (Lipinski definition) is 7. The van der Waals surface area contributed by atoms with E-state index >= 15 is 0 Å². The van der Waals surface area contributed by atoms with E-state index in [1.54, 1.807) is 14.2 Å². The van der Waals surface area contributed by atoms with Crippen LogP contribution in [0.15, 0.2) is 34.7 Å². The molecule has 8 heteroatoms. The molecule has 1 aliphatic heterocycles. The average molecular weight is 479 g/mol. The number of pyridine rings is 1. The van der Waals surface area contributed by atoms with E-state index in [2.05, 4.69) is 16.3 Å². The predicted octanol–water partition coefficient (Wildman–Crippen LogP) is 4.21. The summed E-state index contributed by atoms with van der Waals surface area (Å²) >= 11 is 0. The SMILES string of the molecule is COc1cc2nc(-c3ccc(C)o3)cc(NCC3CCN(C4CC(C(N)=O)C4)CC3)c2cc1OC. The van der Waals surface area contributed by atoms with Crippen LogP contribution in [0.3, 0.4) is 0 Å². The number of piperidine rings is 1. The molecule has 1 saturated carbocycles. The van der Waals surface area contributed by atoms with Crippen LogP contribution >= 0.6 is 0 Å². The molecule has 0 unspecified atom stereocenters. The van der Waals surface area contributed by atoms with Crippen LogP contribution in [0.5, 0.6) is 11.5 Å². The zero-order valence-corrected chi connectivity index (χ0v) is 20.7. The van der Waals surface area contributed by atoms with Crippen molar-refractivity contribution in [1.29, 1.82) is 0 Å². The maximum atomic E-state index is 11.3. The number of aryl methyl sites for hydroxylation is 1. The van der Waals surface area contributed by atoms with E-state index in [4.69, 9.17) is 24.6 Å².